The molecule has 102 valence electrons. The highest BCUT2D eigenvalue weighted by atomic mass is 79.9. The summed E-state index contributed by atoms with van der Waals surface area (Å²) < 4.78 is 5.69. The fourth-order valence-corrected chi connectivity index (χ4v) is 2.33. The Balaban J connectivity index is 2.12. The van der Waals surface area contributed by atoms with Gasteiger partial charge >= 0.3 is 5.97 Å². The van der Waals surface area contributed by atoms with Crippen LogP contribution in [-0.4, -0.2) is 36.2 Å². The zero-order valence-corrected chi connectivity index (χ0v) is 11.5. The highest BCUT2D eigenvalue weighted by Gasteiger charge is 2.35. The van der Waals surface area contributed by atoms with Gasteiger partial charge in [0.15, 0.2) is 0 Å². The van der Waals surface area contributed by atoms with Gasteiger partial charge in [0.1, 0.15) is 5.92 Å². The van der Waals surface area contributed by atoms with Gasteiger partial charge in [0, 0.05) is 10.2 Å². The van der Waals surface area contributed by atoms with Crippen molar-refractivity contribution in [2.24, 2.45) is 5.92 Å². The van der Waals surface area contributed by atoms with Crippen molar-refractivity contribution in [2.75, 3.05) is 18.9 Å². The van der Waals surface area contributed by atoms with E-state index < -0.39 is 17.9 Å². The van der Waals surface area contributed by atoms with Gasteiger partial charge in [-0.25, -0.2) is 0 Å². The molecule has 0 spiro atoms. The van der Waals surface area contributed by atoms with Gasteiger partial charge < -0.3 is 20.9 Å². The number of nitrogen functional groups attached to an aromatic ring is 1. The van der Waals surface area contributed by atoms with Gasteiger partial charge in [0.25, 0.3) is 5.91 Å². The first-order valence-electron chi connectivity index (χ1n) is 5.65. The van der Waals surface area contributed by atoms with Gasteiger partial charge in [0.05, 0.1) is 24.8 Å². The van der Waals surface area contributed by atoms with Crippen molar-refractivity contribution in [3.05, 3.63) is 28.2 Å². The number of carbonyl (C=O) groups is 2. The minimum atomic E-state index is -0.977. The van der Waals surface area contributed by atoms with Crippen LogP contribution in [0.2, 0.25) is 0 Å². The molecule has 1 aliphatic rings. The Kier molecular flexibility index (Phi) is 4.06. The summed E-state index contributed by atoms with van der Waals surface area (Å²) in [5.41, 5.74) is 6.46. The van der Waals surface area contributed by atoms with Crippen LogP contribution in [-0.2, 0) is 9.53 Å². The number of hydrogen-bond donors (Lipinski definition) is 3. The Hall–Kier alpha value is -1.60. The van der Waals surface area contributed by atoms with Gasteiger partial charge in [0.2, 0.25) is 0 Å². The third kappa shape index (κ3) is 3.05. The van der Waals surface area contributed by atoms with Gasteiger partial charge in [-0.3, -0.25) is 9.59 Å². The predicted molar refractivity (Wildman–Crippen MR) is 71.8 cm³/mol. The maximum Gasteiger partial charge on any atom is 0.311 e. The number of hydrogen-bond acceptors (Lipinski definition) is 4. The van der Waals surface area contributed by atoms with E-state index in [1.807, 2.05) is 0 Å². The first kappa shape index (κ1) is 13.8. The predicted octanol–water partition coefficient (Wildman–Crippen LogP) is 0.861. The summed E-state index contributed by atoms with van der Waals surface area (Å²) in [5, 5.41) is 11.7. The van der Waals surface area contributed by atoms with Gasteiger partial charge in [-0.2, -0.15) is 0 Å². The van der Waals surface area contributed by atoms with E-state index in [1.54, 1.807) is 12.1 Å². The van der Waals surface area contributed by atoms with Gasteiger partial charge in [-0.15, -0.1) is 0 Å². The van der Waals surface area contributed by atoms with Gasteiger partial charge in [-0.05, 0) is 34.1 Å². The summed E-state index contributed by atoms with van der Waals surface area (Å²) in [6.45, 7) is 0.307. The Morgan fingerprint density at radius 2 is 2.16 bits per heavy atom. The highest BCUT2D eigenvalue weighted by Crippen LogP contribution is 2.21. The second-order valence-corrected chi connectivity index (χ2v) is 5.16. The Labute approximate surface area is 118 Å². The molecule has 1 aliphatic heterocycles. The van der Waals surface area contributed by atoms with Gasteiger partial charge in [-0.1, -0.05) is 0 Å². The molecule has 0 aromatic heterocycles. The average Bonchev–Trinajstić information content (AvgIpc) is 2.80. The molecule has 1 aromatic carbocycles. The van der Waals surface area contributed by atoms with Crippen molar-refractivity contribution in [2.45, 2.75) is 6.04 Å². The minimum absolute atomic E-state index is 0.110. The van der Waals surface area contributed by atoms with Crippen molar-refractivity contribution in [3.63, 3.8) is 0 Å². The van der Waals surface area contributed by atoms with E-state index in [0.29, 0.717) is 15.7 Å². The molecule has 1 amide bonds. The minimum Gasteiger partial charge on any atom is -0.481 e. The topological polar surface area (TPSA) is 102 Å². The Morgan fingerprint density at radius 3 is 2.84 bits per heavy atom. The van der Waals surface area contributed by atoms with E-state index in [-0.39, 0.29) is 19.1 Å². The summed E-state index contributed by atoms with van der Waals surface area (Å²) in [7, 11) is 0. The van der Waals surface area contributed by atoms with E-state index in [0.717, 1.165) is 0 Å². The molecule has 2 rings (SSSR count). The first-order chi connectivity index (χ1) is 8.99. The van der Waals surface area contributed by atoms with E-state index in [1.165, 1.54) is 6.07 Å². The molecule has 4 N–H and O–H groups in total. The molecule has 0 radical (unpaired) electrons. The molecular formula is C12H13BrN2O4. The number of aliphatic carboxylic acids is 1. The van der Waals surface area contributed by atoms with Crippen molar-refractivity contribution in [3.8, 4) is 0 Å². The standard InChI is InChI=1S/C12H13BrN2O4/c13-9-2-1-6(14)3-7(9)11(16)15-10-5-19-4-8(10)12(17)18/h1-3,8,10H,4-5,14H2,(H,15,16)(H,17,18). The number of carbonyl (C=O) groups excluding carboxylic acids is 1. The van der Waals surface area contributed by atoms with E-state index in [2.05, 4.69) is 21.2 Å². The SMILES string of the molecule is Nc1ccc(Br)c(C(=O)NC2COCC2C(=O)O)c1. The zero-order valence-electron chi connectivity index (χ0n) is 9.93. The molecule has 0 saturated carbocycles. The highest BCUT2D eigenvalue weighted by molar-refractivity contribution is 9.10. The molecule has 2 atom stereocenters. The molecule has 1 saturated heterocycles. The van der Waals surface area contributed by atoms with E-state index >= 15 is 0 Å². The maximum absolute atomic E-state index is 12.1. The van der Waals surface area contributed by atoms with Crippen molar-refractivity contribution in [1.29, 1.82) is 0 Å². The molecule has 7 heteroatoms. The fraction of sp³-hybridized carbons (Fsp3) is 0.333. The number of nitrogens with two attached hydrogens (primary N) is 1. The lowest BCUT2D eigenvalue weighted by atomic mass is 10.0. The molecule has 2 unspecified atom stereocenters. The molecule has 1 fully saturated rings. The van der Waals surface area contributed by atoms with Crippen LogP contribution in [0.5, 0.6) is 0 Å². The van der Waals surface area contributed by atoms with E-state index in [9.17, 15) is 9.59 Å². The van der Waals surface area contributed by atoms with Crippen molar-refractivity contribution >= 4 is 33.5 Å². The number of ether oxygens (including phenoxy) is 1. The summed E-state index contributed by atoms with van der Waals surface area (Å²) >= 11 is 3.26. The molecule has 19 heavy (non-hydrogen) atoms. The van der Waals surface area contributed by atoms with Crippen LogP contribution in [0.15, 0.2) is 22.7 Å². The number of anilines is 1. The zero-order chi connectivity index (χ0) is 14.0. The normalized spacial score (nSPS) is 22.2. The quantitative estimate of drug-likeness (QED) is 0.714. The van der Waals surface area contributed by atoms with Crippen LogP contribution < -0.4 is 11.1 Å². The lowest BCUT2D eigenvalue weighted by molar-refractivity contribution is -0.142. The summed E-state index contributed by atoms with van der Waals surface area (Å²) in [6, 6.07) is 4.34. The van der Waals surface area contributed by atoms with Crippen molar-refractivity contribution in [1.82, 2.24) is 5.32 Å². The first-order valence-corrected chi connectivity index (χ1v) is 6.45. The monoisotopic (exact) mass is 328 g/mol. The molecule has 1 aromatic rings. The third-order valence-electron chi connectivity index (χ3n) is 2.95. The molecule has 0 aliphatic carbocycles. The van der Waals surface area contributed by atoms with Crippen LogP contribution in [0.25, 0.3) is 0 Å². The Morgan fingerprint density at radius 1 is 1.42 bits per heavy atom. The van der Waals surface area contributed by atoms with Crippen LogP contribution in [0.3, 0.4) is 0 Å². The number of nitrogens with one attached hydrogen (secondary N) is 1. The van der Waals surface area contributed by atoms with Crippen molar-refractivity contribution < 1.29 is 19.4 Å². The summed E-state index contributed by atoms with van der Waals surface area (Å²) in [5.74, 6) is -2.07. The molecule has 1 heterocycles. The van der Waals surface area contributed by atoms with Crippen LogP contribution in [0, 0.1) is 5.92 Å². The van der Waals surface area contributed by atoms with Crippen LogP contribution >= 0.6 is 15.9 Å². The molecule has 6 nitrogen and oxygen atoms in total. The number of carboxylic acids is 1. The van der Waals surface area contributed by atoms with E-state index in [4.69, 9.17) is 15.6 Å². The maximum atomic E-state index is 12.1. The number of carboxylic acid groups (broad SMARTS) is 1. The summed E-state index contributed by atoms with van der Waals surface area (Å²) in [6.07, 6.45) is 0. The number of benzene rings is 1. The average molecular weight is 329 g/mol. The summed E-state index contributed by atoms with van der Waals surface area (Å²) in [4.78, 5) is 23.1. The lowest BCUT2D eigenvalue weighted by Gasteiger charge is -2.16. The molecule has 0 bridgehead atoms. The lowest BCUT2D eigenvalue weighted by Crippen LogP contribution is -2.42. The largest absolute Gasteiger partial charge is 0.481 e. The fourth-order valence-electron chi connectivity index (χ4n) is 1.90. The Bertz CT molecular complexity index is 520. The number of rotatable bonds is 3. The third-order valence-corrected chi connectivity index (χ3v) is 3.64. The second-order valence-electron chi connectivity index (χ2n) is 4.30. The van der Waals surface area contributed by atoms with Crippen LogP contribution in [0.4, 0.5) is 5.69 Å². The molecular weight excluding hydrogens is 316 g/mol. The van der Waals surface area contributed by atoms with Crippen LogP contribution in [0.1, 0.15) is 10.4 Å². The number of halogens is 1. The number of amides is 1. The second kappa shape index (κ2) is 5.58. The smallest absolute Gasteiger partial charge is 0.311 e.